The van der Waals surface area contributed by atoms with E-state index in [-0.39, 0.29) is 5.92 Å². The van der Waals surface area contributed by atoms with Gasteiger partial charge >= 0.3 is 0 Å². The molecule has 1 unspecified atom stereocenters. The van der Waals surface area contributed by atoms with E-state index in [1.807, 2.05) is 43.3 Å². The van der Waals surface area contributed by atoms with E-state index in [2.05, 4.69) is 25.1 Å². The van der Waals surface area contributed by atoms with Gasteiger partial charge in [-0.1, -0.05) is 42.0 Å². The Morgan fingerprint density at radius 1 is 1.15 bits per heavy atom. The van der Waals surface area contributed by atoms with Crippen molar-refractivity contribution < 1.29 is 4.74 Å². The Balaban J connectivity index is 2.12. The maximum atomic E-state index is 9.40. The number of benzene rings is 2. The molecule has 2 nitrogen and oxygen atoms in total. The molecular formula is C18H19NO. The summed E-state index contributed by atoms with van der Waals surface area (Å²) in [6.07, 6.45) is 0.729. The lowest BCUT2D eigenvalue weighted by Crippen LogP contribution is -2.01. The van der Waals surface area contributed by atoms with Crippen LogP contribution in [0.4, 0.5) is 0 Å². The monoisotopic (exact) mass is 265 g/mol. The summed E-state index contributed by atoms with van der Waals surface area (Å²) in [5.74, 6) is 0.771. The van der Waals surface area contributed by atoms with E-state index < -0.39 is 0 Å². The lowest BCUT2D eigenvalue weighted by atomic mass is 9.92. The number of hydrogen-bond acceptors (Lipinski definition) is 2. The van der Waals surface area contributed by atoms with Crippen LogP contribution in [0.5, 0.6) is 5.75 Å². The third-order valence-electron chi connectivity index (χ3n) is 3.27. The number of rotatable bonds is 5. The van der Waals surface area contributed by atoms with Crippen LogP contribution in [0.2, 0.25) is 0 Å². The van der Waals surface area contributed by atoms with Gasteiger partial charge in [0.25, 0.3) is 0 Å². The molecule has 0 aliphatic heterocycles. The average molecular weight is 265 g/mol. The molecule has 1 atom stereocenters. The van der Waals surface area contributed by atoms with Crippen molar-refractivity contribution >= 4 is 0 Å². The fourth-order valence-electron chi connectivity index (χ4n) is 2.25. The molecule has 102 valence electrons. The molecule has 0 aliphatic rings. The van der Waals surface area contributed by atoms with Gasteiger partial charge in [0, 0.05) is 0 Å². The molecule has 0 aliphatic carbocycles. The Morgan fingerprint density at radius 2 is 1.90 bits per heavy atom. The van der Waals surface area contributed by atoms with Crippen molar-refractivity contribution in [3.63, 3.8) is 0 Å². The molecule has 0 radical (unpaired) electrons. The SMILES string of the molecule is CCOc1ccc(CC(C#N)c2cccc(C)c2)cc1. The highest BCUT2D eigenvalue weighted by atomic mass is 16.5. The molecule has 2 heteroatoms. The summed E-state index contributed by atoms with van der Waals surface area (Å²) >= 11 is 0. The van der Waals surface area contributed by atoms with Crippen LogP contribution in [0, 0.1) is 18.3 Å². The van der Waals surface area contributed by atoms with Crippen LogP contribution in [-0.2, 0) is 6.42 Å². The molecule has 2 rings (SSSR count). The molecule has 0 fully saturated rings. The second kappa shape index (κ2) is 6.77. The van der Waals surface area contributed by atoms with E-state index in [1.54, 1.807) is 0 Å². The molecule has 0 N–H and O–H groups in total. The van der Waals surface area contributed by atoms with Gasteiger partial charge in [0.05, 0.1) is 18.6 Å². The zero-order valence-corrected chi connectivity index (χ0v) is 12.0. The number of nitrogens with zero attached hydrogens (tertiary/aromatic N) is 1. The van der Waals surface area contributed by atoms with E-state index in [0.29, 0.717) is 6.61 Å². The standard InChI is InChI=1S/C18H19NO/c1-3-20-18-9-7-15(8-10-18)12-17(13-19)16-6-4-5-14(2)11-16/h4-11,17H,3,12H2,1-2H3. The largest absolute Gasteiger partial charge is 0.494 e. The smallest absolute Gasteiger partial charge is 0.119 e. The zero-order chi connectivity index (χ0) is 14.4. The Bertz CT molecular complexity index is 596. The van der Waals surface area contributed by atoms with Crippen molar-refractivity contribution in [1.29, 1.82) is 5.26 Å². The molecule has 20 heavy (non-hydrogen) atoms. The van der Waals surface area contributed by atoms with Crippen LogP contribution in [0.15, 0.2) is 48.5 Å². The topological polar surface area (TPSA) is 33.0 Å². The third kappa shape index (κ3) is 3.61. The summed E-state index contributed by atoms with van der Waals surface area (Å²) in [5.41, 5.74) is 3.43. The molecule has 0 amide bonds. The van der Waals surface area contributed by atoms with Crippen LogP contribution in [0.1, 0.15) is 29.5 Å². The minimum atomic E-state index is -0.104. The van der Waals surface area contributed by atoms with E-state index in [1.165, 1.54) is 5.56 Å². The first kappa shape index (κ1) is 14.1. The molecule has 2 aromatic rings. The number of hydrogen-bond donors (Lipinski definition) is 0. The van der Waals surface area contributed by atoms with Gasteiger partial charge in [-0.3, -0.25) is 0 Å². The third-order valence-corrected chi connectivity index (χ3v) is 3.27. The molecule has 0 bridgehead atoms. The van der Waals surface area contributed by atoms with Crippen molar-refractivity contribution in [2.24, 2.45) is 0 Å². The van der Waals surface area contributed by atoms with E-state index in [9.17, 15) is 5.26 Å². The van der Waals surface area contributed by atoms with Crippen LogP contribution in [0.25, 0.3) is 0 Å². The van der Waals surface area contributed by atoms with Gasteiger partial charge in [0.1, 0.15) is 5.75 Å². The van der Waals surface area contributed by atoms with Crippen molar-refractivity contribution in [2.75, 3.05) is 6.61 Å². The van der Waals surface area contributed by atoms with Crippen LogP contribution >= 0.6 is 0 Å². The highest BCUT2D eigenvalue weighted by molar-refractivity contribution is 5.33. The Morgan fingerprint density at radius 3 is 2.50 bits per heavy atom. The van der Waals surface area contributed by atoms with Gasteiger partial charge in [0.15, 0.2) is 0 Å². The van der Waals surface area contributed by atoms with Crippen molar-refractivity contribution in [3.8, 4) is 11.8 Å². The van der Waals surface area contributed by atoms with Gasteiger partial charge in [-0.2, -0.15) is 5.26 Å². The highest BCUT2D eigenvalue weighted by Crippen LogP contribution is 2.22. The first-order valence-electron chi connectivity index (χ1n) is 6.91. The Hall–Kier alpha value is -2.27. The summed E-state index contributed by atoms with van der Waals surface area (Å²) in [5, 5.41) is 9.40. The Labute approximate surface area is 120 Å². The second-order valence-corrected chi connectivity index (χ2v) is 4.88. The van der Waals surface area contributed by atoms with Crippen molar-refractivity contribution in [2.45, 2.75) is 26.2 Å². The number of aryl methyl sites for hydroxylation is 1. The molecule has 0 heterocycles. The molecular weight excluding hydrogens is 246 g/mol. The van der Waals surface area contributed by atoms with Gasteiger partial charge < -0.3 is 4.74 Å². The summed E-state index contributed by atoms with van der Waals surface area (Å²) in [7, 11) is 0. The Kier molecular flexibility index (Phi) is 4.79. The quantitative estimate of drug-likeness (QED) is 0.810. The predicted molar refractivity (Wildman–Crippen MR) is 80.8 cm³/mol. The summed E-state index contributed by atoms with van der Waals surface area (Å²) in [6, 6.07) is 18.6. The van der Waals surface area contributed by atoms with Gasteiger partial charge in [0.2, 0.25) is 0 Å². The average Bonchev–Trinajstić information content (AvgIpc) is 2.47. The predicted octanol–water partition coefficient (Wildman–Crippen LogP) is 4.24. The maximum Gasteiger partial charge on any atom is 0.119 e. The lowest BCUT2D eigenvalue weighted by Gasteiger charge is -2.11. The minimum absolute atomic E-state index is 0.104. The molecule has 0 saturated carbocycles. The summed E-state index contributed by atoms with van der Waals surface area (Å²) in [4.78, 5) is 0. The summed E-state index contributed by atoms with van der Waals surface area (Å²) in [6.45, 7) is 4.69. The van der Waals surface area contributed by atoms with Crippen molar-refractivity contribution in [3.05, 3.63) is 65.2 Å². The fraction of sp³-hybridized carbons (Fsp3) is 0.278. The van der Waals surface area contributed by atoms with Gasteiger partial charge in [-0.25, -0.2) is 0 Å². The van der Waals surface area contributed by atoms with Crippen LogP contribution < -0.4 is 4.74 Å². The molecule has 2 aromatic carbocycles. The maximum absolute atomic E-state index is 9.40. The van der Waals surface area contributed by atoms with E-state index in [0.717, 1.165) is 23.3 Å². The normalized spacial score (nSPS) is 11.7. The lowest BCUT2D eigenvalue weighted by molar-refractivity contribution is 0.340. The molecule has 0 spiro atoms. The second-order valence-electron chi connectivity index (χ2n) is 4.88. The minimum Gasteiger partial charge on any atom is -0.494 e. The fourth-order valence-corrected chi connectivity index (χ4v) is 2.25. The first-order chi connectivity index (χ1) is 9.72. The number of nitriles is 1. The van der Waals surface area contributed by atoms with Gasteiger partial charge in [-0.05, 0) is 43.5 Å². The van der Waals surface area contributed by atoms with Crippen LogP contribution in [0.3, 0.4) is 0 Å². The van der Waals surface area contributed by atoms with Gasteiger partial charge in [-0.15, -0.1) is 0 Å². The summed E-state index contributed by atoms with van der Waals surface area (Å²) < 4.78 is 5.43. The first-order valence-corrected chi connectivity index (χ1v) is 6.91. The molecule has 0 saturated heterocycles. The highest BCUT2D eigenvalue weighted by Gasteiger charge is 2.11. The van der Waals surface area contributed by atoms with Crippen molar-refractivity contribution in [1.82, 2.24) is 0 Å². The van der Waals surface area contributed by atoms with Crippen LogP contribution in [-0.4, -0.2) is 6.61 Å². The molecule has 0 aromatic heterocycles. The number of ether oxygens (including phenoxy) is 1. The zero-order valence-electron chi connectivity index (χ0n) is 12.0. The van der Waals surface area contributed by atoms with E-state index >= 15 is 0 Å². The van der Waals surface area contributed by atoms with E-state index in [4.69, 9.17) is 4.74 Å².